The van der Waals surface area contributed by atoms with E-state index in [-0.39, 0.29) is 33.1 Å². The Hall–Kier alpha value is -1.50. The summed E-state index contributed by atoms with van der Waals surface area (Å²) in [5, 5.41) is 5.66. The van der Waals surface area contributed by atoms with Crippen molar-refractivity contribution in [3.63, 3.8) is 0 Å². The lowest BCUT2D eigenvalue weighted by molar-refractivity contribution is -0.155. The van der Waals surface area contributed by atoms with E-state index in [1.54, 1.807) is 0 Å². The smallest absolute Gasteiger partial charge is 0.329 e. The molecule has 0 aliphatic carbocycles. The van der Waals surface area contributed by atoms with E-state index in [4.69, 9.17) is 39.5 Å². The molecular weight excluding hydrogens is 367 g/mol. The average molecular weight is 380 g/mol. The third kappa shape index (κ3) is 4.50. The Morgan fingerprint density at radius 2 is 1.91 bits per heavy atom. The van der Waals surface area contributed by atoms with Crippen molar-refractivity contribution in [2.24, 2.45) is 0 Å². The second kappa shape index (κ2) is 7.38. The Balaban J connectivity index is 1.96. The first kappa shape index (κ1) is 17.8. The summed E-state index contributed by atoms with van der Waals surface area (Å²) in [4.78, 5) is 35.0. The molecular formula is C14H13Cl3N2O4. The maximum Gasteiger partial charge on any atom is 0.329 e. The Morgan fingerprint density at radius 3 is 2.52 bits per heavy atom. The Labute approximate surface area is 147 Å². The number of benzene rings is 1. The Kier molecular flexibility index (Phi) is 5.73. The lowest BCUT2D eigenvalue weighted by Crippen LogP contribution is -2.39. The van der Waals surface area contributed by atoms with E-state index in [9.17, 15) is 14.4 Å². The van der Waals surface area contributed by atoms with Crippen molar-refractivity contribution >= 4 is 58.3 Å². The predicted molar refractivity (Wildman–Crippen MR) is 86.8 cm³/mol. The van der Waals surface area contributed by atoms with Crippen molar-refractivity contribution in [2.45, 2.75) is 31.9 Å². The van der Waals surface area contributed by atoms with E-state index in [2.05, 4.69) is 10.6 Å². The molecule has 9 heteroatoms. The van der Waals surface area contributed by atoms with E-state index in [0.717, 1.165) is 0 Å². The van der Waals surface area contributed by atoms with Gasteiger partial charge in [0.15, 0.2) is 6.10 Å². The third-order valence-electron chi connectivity index (χ3n) is 3.21. The minimum Gasteiger partial charge on any atom is -0.451 e. The van der Waals surface area contributed by atoms with Gasteiger partial charge in [-0.15, -0.1) is 0 Å². The molecule has 1 aliphatic rings. The zero-order valence-electron chi connectivity index (χ0n) is 12.0. The molecule has 0 bridgehead atoms. The first-order valence-electron chi connectivity index (χ1n) is 6.73. The van der Waals surface area contributed by atoms with E-state index in [0.29, 0.717) is 6.42 Å². The summed E-state index contributed by atoms with van der Waals surface area (Å²) in [5.74, 6) is -1.45. The summed E-state index contributed by atoms with van der Waals surface area (Å²) < 4.78 is 5.04. The van der Waals surface area contributed by atoms with Crippen molar-refractivity contribution in [2.75, 3.05) is 5.32 Å². The number of hydrogen-bond acceptors (Lipinski definition) is 4. The fourth-order valence-electron chi connectivity index (χ4n) is 1.95. The van der Waals surface area contributed by atoms with Gasteiger partial charge in [0.1, 0.15) is 6.04 Å². The van der Waals surface area contributed by atoms with Crippen LogP contribution in [0.3, 0.4) is 0 Å². The fourth-order valence-corrected chi connectivity index (χ4v) is 2.55. The molecule has 0 spiro atoms. The molecule has 1 aromatic carbocycles. The molecule has 1 saturated heterocycles. The second-order valence-electron chi connectivity index (χ2n) is 4.97. The Morgan fingerprint density at radius 1 is 1.26 bits per heavy atom. The van der Waals surface area contributed by atoms with Gasteiger partial charge >= 0.3 is 5.97 Å². The summed E-state index contributed by atoms with van der Waals surface area (Å²) in [6, 6.07) is 2.08. The normalized spacial score (nSPS) is 18.3. The number of amides is 2. The van der Waals surface area contributed by atoms with Crippen molar-refractivity contribution in [1.82, 2.24) is 5.32 Å². The van der Waals surface area contributed by atoms with Gasteiger partial charge in [-0.1, -0.05) is 34.8 Å². The van der Waals surface area contributed by atoms with Gasteiger partial charge in [0.25, 0.3) is 5.91 Å². The van der Waals surface area contributed by atoms with Gasteiger partial charge in [0, 0.05) is 6.42 Å². The number of hydrogen-bond donors (Lipinski definition) is 2. The highest BCUT2D eigenvalue weighted by Gasteiger charge is 2.31. The molecule has 6 nitrogen and oxygen atoms in total. The van der Waals surface area contributed by atoms with Crippen LogP contribution >= 0.6 is 34.8 Å². The van der Waals surface area contributed by atoms with Crippen LogP contribution in [0.2, 0.25) is 15.1 Å². The van der Waals surface area contributed by atoms with Crippen LogP contribution in [0.1, 0.15) is 19.8 Å². The molecule has 2 amide bonds. The van der Waals surface area contributed by atoms with Crippen molar-refractivity contribution in [3.05, 3.63) is 27.2 Å². The van der Waals surface area contributed by atoms with Crippen LogP contribution in [0, 0.1) is 0 Å². The molecule has 0 saturated carbocycles. The zero-order chi connectivity index (χ0) is 17.1. The van der Waals surface area contributed by atoms with E-state index >= 15 is 0 Å². The minimum absolute atomic E-state index is 0.203. The average Bonchev–Trinajstić information content (AvgIpc) is 2.91. The molecule has 0 aromatic heterocycles. The van der Waals surface area contributed by atoms with Gasteiger partial charge in [0.2, 0.25) is 5.91 Å². The number of carbonyl (C=O) groups is 3. The maximum atomic E-state index is 12.1. The van der Waals surface area contributed by atoms with Crippen LogP contribution in [-0.4, -0.2) is 29.9 Å². The molecule has 1 fully saturated rings. The highest BCUT2D eigenvalue weighted by atomic mass is 35.5. The minimum atomic E-state index is -1.06. The molecule has 1 heterocycles. The van der Waals surface area contributed by atoms with Gasteiger partial charge < -0.3 is 15.4 Å². The zero-order valence-corrected chi connectivity index (χ0v) is 14.3. The van der Waals surface area contributed by atoms with Crippen LogP contribution in [-0.2, 0) is 19.1 Å². The summed E-state index contributed by atoms with van der Waals surface area (Å²) >= 11 is 17.6. The largest absolute Gasteiger partial charge is 0.451 e. The molecule has 2 atom stereocenters. The number of rotatable bonds is 4. The molecule has 2 unspecified atom stereocenters. The van der Waals surface area contributed by atoms with Gasteiger partial charge in [-0.25, -0.2) is 4.79 Å². The Bertz CT molecular complexity index is 666. The van der Waals surface area contributed by atoms with E-state index in [1.165, 1.54) is 19.1 Å². The van der Waals surface area contributed by atoms with E-state index in [1.807, 2.05) is 0 Å². The number of nitrogens with one attached hydrogen (secondary N) is 2. The topological polar surface area (TPSA) is 84.5 Å². The molecule has 1 aliphatic heterocycles. The number of anilines is 1. The summed E-state index contributed by atoms with van der Waals surface area (Å²) in [6.07, 6.45) is -0.449. The molecule has 23 heavy (non-hydrogen) atoms. The van der Waals surface area contributed by atoms with Crippen LogP contribution in [0.15, 0.2) is 12.1 Å². The molecule has 0 radical (unpaired) electrons. The highest BCUT2D eigenvalue weighted by molar-refractivity contribution is 6.44. The summed E-state index contributed by atoms with van der Waals surface area (Å²) in [5.41, 5.74) is 0.253. The van der Waals surface area contributed by atoms with Crippen LogP contribution in [0.4, 0.5) is 5.69 Å². The summed E-state index contributed by atoms with van der Waals surface area (Å²) in [7, 11) is 0. The molecule has 124 valence electrons. The number of esters is 1. The lowest BCUT2D eigenvalue weighted by atomic mass is 10.2. The number of halogens is 3. The lowest BCUT2D eigenvalue weighted by Gasteiger charge is -2.17. The van der Waals surface area contributed by atoms with Gasteiger partial charge in [-0.2, -0.15) is 0 Å². The quantitative estimate of drug-likeness (QED) is 0.622. The second-order valence-corrected chi connectivity index (χ2v) is 6.19. The fraction of sp³-hybridized carbons (Fsp3) is 0.357. The first-order valence-corrected chi connectivity index (χ1v) is 7.86. The first-order chi connectivity index (χ1) is 10.8. The predicted octanol–water partition coefficient (Wildman–Crippen LogP) is 2.80. The van der Waals surface area contributed by atoms with Crippen LogP contribution < -0.4 is 10.6 Å². The number of carbonyl (C=O) groups excluding carboxylic acids is 3. The highest BCUT2D eigenvalue weighted by Crippen LogP contribution is 2.32. The summed E-state index contributed by atoms with van der Waals surface area (Å²) in [6.45, 7) is 1.41. The molecule has 1 aromatic rings. The number of ether oxygens (including phenoxy) is 1. The van der Waals surface area contributed by atoms with Gasteiger partial charge in [0.05, 0.1) is 20.8 Å². The van der Waals surface area contributed by atoms with E-state index < -0.39 is 24.0 Å². The van der Waals surface area contributed by atoms with Crippen LogP contribution in [0.25, 0.3) is 0 Å². The molecule has 2 N–H and O–H groups in total. The van der Waals surface area contributed by atoms with Crippen LogP contribution in [0.5, 0.6) is 0 Å². The standard InChI is InChI=1S/C14H13Cl3N2O4/c1-6(23-14(22)10-2-3-12(20)18-10)13(21)19-11-5-8(16)7(15)4-9(11)17/h4-6,10H,2-3H2,1H3,(H,18,20)(H,19,21). The van der Waals surface area contributed by atoms with Crippen molar-refractivity contribution < 1.29 is 19.1 Å². The SMILES string of the molecule is CC(OC(=O)C1CCC(=O)N1)C(=O)Nc1cc(Cl)c(Cl)cc1Cl. The third-order valence-corrected chi connectivity index (χ3v) is 4.24. The molecule has 2 rings (SSSR count). The monoisotopic (exact) mass is 378 g/mol. The van der Waals surface area contributed by atoms with Crippen molar-refractivity contribution in [1.29, 1.82) is 0 Å². The van der Waals surface area contributed by atoms with Gasteiger partial charge in [-0.05, 0) is 25.5 Å². The maximum absolute atomic E-state index is 12.1. The van der Waals surface area contributed by atoms with Gasteiger partial charge in [-0.3, -0.25) is 9.59 Å². The van der Waals surface area contributed by atoms with Crippen molar-refractivity contribution in [3.8, 4) is 0 Å².